The predicted molar refractivity (Wildman–Crippen MR) is 58.3 cm³/mol. The molecule has 0 spiro atoms. The Kier molecular flexibility index (Phi) is 3.51. The Bertz CT molecular complexity index is 313. The molecule has 3 nitrogen and oxygen atoms in total. The Morgan fingerprint density at radius 3 is 1.57 bits per heavy atom. The van der Waals surface area contributed by atoms with E-state index >= 15 is 0 Å². The molecule has 0 bridgehead atoms. The van der Waals surface area contributed by atoms with Crippen molar-refractivity contribution in [1.82, 2.24) is 15.0 Å². The molecule has 3 heteroatoms. The fraction of sp³-hybridized carbons (Fsp3) is 0.364. The van der Waals surface area contributed by atoms with Crippen LogP contribution < -0.4 is 0 Å². The van der Waals surface area contributed by atoms with Crippen LogP contribution in [-0.2, 0) is 0 Å². The van der Waals surface area contributed by atoms with Gasteiger partial charge in [0.15, 0.2) is 0 Å². The third kappa shape index (κ3) is 3.47. The monoisotopic (exact) mass is 191 g/mol. The van der Waals surface area contributed by atoms with E-state index in [0.29, 0.717) is 0 Å². The highest BCUT2D eigenvalue weighted by molar-refractivity contribution is 5.09. The van der Waals surface area contributed by atoms with Gasteiger partial charge >= 0.3 is 0 Å². The van der Waals surface area contributed by atoms with Crippen molar-refractivity contribution in [3.05, 3.63) is 41.2 Å². The van der Waals surface area contributed by atoms with Crippen molar-refractivity contribution >= 4 is 0 Å². The van der Waals surface area contributed by atoms with E-state index in [4.69, 9.17) is 0 Å². The van der Waals surface area contributed by atoms with Gasteiger partial charge in [0.1, 0.15) is 5.82 Å². The minimum Gasteiger partial charge on any atom is -0.363 e. The normalized spacial score (nSPS) is 9.43. The lowest BCUT2D eigenvalue weighted by Crippen LogP contribution is -1.70. The molecule has 2 rings (SSSR count). The Balaban J connectivity index is 0.000000140. The largest absolute Gasteiger partial charge is 0.363 e. The molecule has 0 aliphatic rings. The summed E-state index contributed by atoms with van der Waals surface area (Å²) in [7, 11) is 0. The molecule has 0 amide bonds. The fourth-order valence-electron chi connectivity index (χ4n) is 1.19. The number of imidazole rings is 1. The highest BCUT2D eigenvalue weighted by Crippen LogP contribution is 1.95. The van der Waals surface area contributed by atoms with E-state index in [-0.39, 0.29) is 0 Å². The first-order valence-corrected chi connectivity index (χ1v) is 4.68. The lowest BCUT2D eigenvalue weighted by molar-refractivity contribution is 1.13. The maximum Gasteiger partial charge on any atom is 0.103 e. The minimum atomic E-state index is 0.984. The quantitative estimate of drug-likeness (QED) is 0.660. The van der Waals surface area contributed by atoms with Crippen LogP contribution in [0, 0.1) is 27.7 Å². The first-order chi connectivity index (χ1) is 6.58. The molecule has 14 heavy (non-hydrogen) atoms. The van der Waals surface area contributed by atoms with Gasteiger partial charge in [-0.2, -0.15) is 0 Å². The molecule has 76 valence electrons. The van der Waals surface area contributed by atoms with Crippen LogP contribution in [0.3, 0.4) is 0 Å². The van der Waals surface area contributed by atoms with E-state index < -0.39 is 0 Å². The van der Waals surface area contributed by atoms with E-state index in [1.165, 1.54) is 11.4 Å². The average Bonchev–Trinajstić information content (AvgIpc) is 2.63. The van der Waals surface area contributed by atoms with Gasteiger partial charge < -0.3 is 9.97 Å². The molecule has 0 radical (unpaired) electrons. The molecule has 2 aromatic heterocycles. The van der Waals surface area contributed by atoms with Crippen molar-refractivity contribution < 1.29 is 0 Å². The van der Waals surface area contributed by atoms with Crippen molar-refractivity contribution in [3.8, 4) is 0 Å². The summed E-state index contributed by atoms with van der Waals surface area (Å²) in [5.74, 6) is 0.984. The van der Waals surface area contributed by atoms with Crippen molar-refractivity contribution in [3.63, 3.8) is 0 Å². The summed E-state index contributed by atoms with van der Waals surface area (Å²) >= 11 is 0. The standard InChI is InChI=1S/C6H9N.C5H8N2/c1-5-3-4-6(2)7-5;1-4-3-6-5(2)7-4/h3-4,7H,1-2H3;3H,1-2H3,(H,6,7). The Hall–Kier alpha value is -1.51. The number of nitrogens with zero attached hydrogens (tertiary/aromatic N) is 1. The van der Waals surface area contributed by atoms with E-state index in [1.54, 1.807) is 0 Å². The lowest BCUT2D eigenvalue weighted by atomic mass is 10.5. The molecule has 2 heterocycles. The zero-order chi connectivity index (χ0) is 10.6. The zero-order valence-corrected chi connectivity index (χ0v) is 9.18. The second-order valence-electron chi connectivity index (χ2n) is 3.48. The average molecular weight is 191 g/mol. The van der Waals surface area contributed by atoms with Gasteiger partial charge in [0.05, 0.1) is 0 Å². The summed E-state index contributed by atoms with van der Waals surface area (Å²) in [5, 5.41) is 0. The number of aromatic nitrogens is 3. The minimum absolute atomic E-state index is 0.984. The van der Waals surface area contributed by atoms with Gasteiger partial charge in [-0.1, -0.05) is 0 Å². The highest BCUT2D eigenvalue weighted by atomic mass is 14.9. The molecule has 0 unspecified atom stereocenters. The molecular formula is C11H17N3. The van der Waals surface area contributed by atoms with Crippen molar-refractivity contribution in [2.24, 2.45) is 0 Å². The Morgan fingerprint density at radius 2 is 1.43 bits per heavy atom. The maximum absolute atomic E-state index is 3.96. The van der Waals surface area contributed by atoms with Gasteiger partial charge in [-0.05, 0) is 39.8 Å². The molecule has 2 aromatic rings. The van der Waals surface area contributed by atoms with Crippen LogP contribution in [0.1, 0.15) is 22.9 Å². The molecule has 0 aromatic carbocycles. The summed E-state index contributed by atoms with van der Waals surface area (Å²) in [6, 6.07) is 4.13. The van der Waals surface area contributed by atoms with Gasteiger partial charge in [-0.3, -0.25) is 0 Å². The fourth-order valence-corrected chi connectivity index (χ4v) is 1.19. The molecular weight excluding hydrogens is 174 g/mol. The topological polar surface area (TPSA) is 44.5 Å². The van der Waals surface area contributed by atoms with Crippen LogP contribution in [0.4, 0.5) is 0 Å². The van der Waals surface area contributed by atoms with Crippen molar-refractivity contribution in [2.45, 2.75) is 27.7 Å². The summed E-state index contributed by atoms with van der Waals surface area (Å²) in [5.41, 5.74) is 3.59. The van der Waals surface area contributed by atoms with Crippen LogP contribution >= 0.6 is 0 Å². The van der Waals surface area contributed by atoms with Crippen LogP contribution in [0.25, 0.3) is 0 Å². The molecule has 0 aliphatic heterocycles. The molecule has 0 fully saturated rings. The van der Waals surface area contributed by atoms with E-state index in [9.17, 15) is 0 Å². The van der Waals surface area contributed by atoms with Gasteiger partial charge in [0, 0.05) is 23.3 Å². The second kappa shape index (κ2) is 4.65. The Labute approximate surface area is 84.6 Å². The van der Waals surface area contributed by atoms with Gasteiger partial charge in [0.25, 0.3) is 0 Å². The smallest absolute Gasteiger partial charge is 0.103 e. The third-order valence-electron chi connectivity index (χ3n) is 1.81. The number of rotatable bonds is 0. The summed E-state index contributed by atoms with van der Waals surface area (Å²) in [6.07, 6.45) is 1.81. The van der Waals surface area contributed by atoms with E-state index in [0.717, 1.165) is 11.5 Å². The van der Waals surface area contributed by atoms with Crippen molar-refractivity contribution in [1.29, 1.82) is 0 Å². The van der Waals surface area contributed by atoms with Crippen LogP contribution in [0.5, 0.6) is 0 Å². The highest BCUT2D eigenvalue weighted by Gasteiger charge is 1.83. The number of nitrogens with one attached hydrogen (secondary N) is 2. The molecule has 0 aliphatic carbocycles. The van der Waals surface area contributed by atoms with Crippen LogP contribution in [-0.4, -0.2) is 15.0 Å². The van der Waals surface area contributed by atoms with Crippen LogP contribution in [0.15, 0.2) is 18.3 Å². The third-order valence-corrected chi connectivity index (χ3v) is 1.81. The van der Waals surface area contributed by atoms with Gasteiger partial charge in [0.2, 0.25) is 0 Å². The number of hydrogen-bond donors (Lipinski definition) is 2. The second-order valence-corrected chi connectivity index (χ2v) is 3.48. The summed E-state index contributed by atoms with van der Waals surface area (Å²) in [4.78, 5) is 10.1. The van der Waals surface area contributed by atoms with Crippen LogP contribution in [0.2, 0.25) is 0 Å². The number of H-pyrrole nitrogens is 2. The number of aryl methyl sites for hydroxylation is 4. The molecule has 2 N–H and O–H groups in total. The molecule has 0 atom stereocenters. The summed E-state index contributed by atoms with van der Waals surface area (Å²) < 4.78 is 0. The summed E-state index contributed by atoms with van der Waals surface area (Å²) in [6.45, 7) is 8.02. The first kappa shape index (κ1) is 10.6. The maximum atomic E-state index is 3.96. The predicted octanol–water partition coefficient (Wildman–Crippen LogP) is 2.66. The number of hydrogen-bond acceptors (Lipinski definition) is 1. The lowest BCUT2D eigenvalue weighted by Gasteiger charge is -1.77. The zero-order valence-electron chi connectivity index (χ0n) is 9.18. The van der Waals surface area contributed by atoms with Gasteiger partial charge in [-0.25, -0.2) is 4.98 Å². The first-order valence-electron chi connectivity index (χ1n) is 4.68. The van der Waals surface area contributed by atoms with E-state index in [2.05, 4.69) is 27.1 Å². The molecule has 0 saturated carbocycles. The number of aromatic amines is 2. The van der Waals surface area contributed by atoms with Crippen molar-refractivity contribution in [2.75, 3.05) is 0 Å². The van der Waals surface area contributed by atoms with Gasteiger partial charge in [-0.15, -0.1) is 0 Å². The molecule has 0 saturated heterocycles. The SMILES string of the molecule is Cc1ccc(C)[nH]1.Cc1cnc(C)[nH]1. The Morgan fingerprint density at radius 1 is 0.857 bits per heavy atom. The van der Waals surface area contributed by atoms with E-state index in [1.807, 2.05) is 33.9 Å².